The maximum absolute atomic E-state index is 12.3. The van der Waals surface area contributed by atoms with Gasteiger partial charge in [0.1, 0.15) is 12.4 Å². The molecular weight excluding hydrogens is 428 g/mol. The van der Waals surface area contributed by atoms with Crippen LogP contribution >= 0.6 is 11.3 Å². The van der Waals surface area contributed by atoms with Crippen LogP contribution in [0.15, 0.2) is 60.0 Å². The lowest BCUT2D eigenvalue weighted by atomic mass is 10.1. The van der Waals surface area contributed by atoms with Crippen molar-refractivity contribution >= 4 is 39.8 Å². The molecule has 0 spiro atoms. The SMILES string of the molecule is CCOc1ccc(C(=O)CCC(=O)OCc2csc(N(C(C)=O)c3ccccc3)n2)cc1. The second kappa shape index (κ2) is 11.2. The first-order valence-corrected chi connectivity index (χ1v) is 11.1. The maximum Gasteiger partial charge on any atom is 0.306 e. The third-order valence-corrected chi connectivity index (χ3v) is 5.36. The van der Waals surface area contributed by atoms with Crippen molar-refractivity contribution in [1.82, 2.24) is 4.98 Å². The van der Waals surface area contributed by atoms with Gasteiger partial charge in [0.2, 0.25) is 5.91 Å². The highest BCUT2D eigenvalue weighted by atomic mass is 32.1. The Kier molecular flexibility index (Phi) is 8.10. The van der Waals surface area contributed by atoms with Crippen molar-refractivity contribution in [3.63, 3.8) is 0 Å². The van der Waals surface area contributed by atoms with E-state index in [-0.39, 0.29) is 31.1 Å². The third-order valence-electron chi connectivity index (χ3n) is 4.48. The molecule has 0 aliphatic rings. The molecule has 0 N–H and O–H groups in total. The highest BCUT2D eigenvalue weighted by molar-refractivity contribution is 7.14. The summed E-state index contributed by atoms with van der Waals surface area (Å²) >= 11 is 1.29. The molecule has 7 nitrogen and oxygen atoms in total. The Bertz CT molecular complexity index is 1060. The van der Waals surface area contributed by atoms with Crippen LogP contribution in [0.4, 0.5) is 10.8 Å². The molecule has 1 amide bonds. The number of aromatic nitrogens is 1. The zero-order valence-corrected chi connectivity index (χ0v) is 18.8. The summed E-state index contributed by atoms with van der Waals surface area (Å²) in [6, 6.07) is 16.0. The van der Waals surface area contributed by atoms with E-state index in [9.17, 15) is 14.4 Å². The lowest BCUT2D eigenvalue weighted by molar-refractivity contribution is -0.145. The van der Waals surface area contributed by atoms with Crippen LogP contribution in [0.1, 0.15) is 42.7 Å². The van der Waals surface area contributed by atoms with Gasteiger partial charge in [0.25, 0.3) is 0 Å². The first-order chi connectivity index (χ1) is 15.5. The summed E-state index contributed by atoms with van der Waals surface area (Å²) in [5, 5.41) is 2.24. The van der Waals surface area contributed by atoms with E-state index in [2.05, 4.69) is 4.98 Å². The van der Waals surface area contributed by atoms with Gasteiger partial charge >= 0.3 is 5.97 Å². The number of para-hydroxylation sites is 1. The molecule has 8 heteroatoms. The van der Waals surface area contributed by atoms with Gasteiger partial charge in [-0.1, -0.05) is 18.2 Å². The van der Waals surface area contributed by atoms with E-state index < -0.39 is 5.97 Å². The molecule has 0 aliphatic carbocycles. The van der Waals surface area contributed by atoms with E-state index in [1.54, 1.807) is 29.6 Å². The zero-order valence-electron chi connectivity index (χ0n) is 17.9. The molecule has 0 fully saturated rings. The van der Waals surface area contributed by atoms with Gasteiger partial charge in [-0.05, 0) is 43.3 Å². The van der Waals surface area contributed by atoms with Crippen molar-refractivity contribution in [2.24, 2.45) is 0 Å². The molecule has 3 rings (SSSR count). The van der Waals surface area contributed by atoms with Crippen LogP contribution in [0.5, 0.6) is 5.75 Å². The number of nitrogens with zero attached hydrogens (tertiary/aromatic N) is 2. The number of rotatable bonds is 10. The fourth-order valence-corrected chi connectivity index (χ4v) is 3.83. The Labute approximate surface area is 190 Å². The van der Waals surface area contributed by atoms with Crippen molar-refractivity contribution in [3.8, 4) is 5.75 Å². The maximum atomic E-state index is 12.3. The van der Waals surface area contributed by atoms with Crippen LogP contribution in [-0.2, 0) is 20.9 Å². The number of carbonyl (C=O) groups is 3. The third kappa shape index (κ3) is 6.24. The van der Waals surface area contributed by atoms with E-state index in [1.807, 2.05) is 37.3 Å². The van der Waals surface area contributed by atoms with Gasteiger partial charge in [0.05, 0.1) is 24.4 Å². The summed E-state index contributed by atoms with van der Waals surface area (Å²) in [5.41, 5.74) is 1.78. The Morgan fingerprint density at radius 2 is 1.72 bits per heavy atom. The number of esters is 1. The predicted octanol–water partition coefficient (Wildman–Crippen LogP) is 4.93. The molecule has 1 aromatic heterocycles. The first kappa shape index (κ1) is 23.1. The molecule has 32 heavy (non-hydrogen) atoms. The predicted molar refractivity (Wildman–Crippen MR) is 122 cm³/mol. The summed E-state index contributed by atoms with van der Waals surface area (Å²) in [7, 11) is 0. The van der Waals surface area contributed by atoms with Gasteiger partial charge in [-0.2, -0.15) is 0 Å². The Balaban J connectivity index is 1.50. The van der Waals surface area contributed by atoms with E-state index in [4.69, 9.17) is 9.47 Å². The largest absolute Gasteiger partial charge is 0.494 e. The number of ketones is 1. The minimum absolute atomic E-state index is 0.0207. The fraction of sp³-hybridized carbons (Fsp3) is 0.250. The average molecular weight is 453 g/mol. The van der Waals surface area contributed by atoms with Crippen molar-refractivity contribution in [2.75, 3.05) is 11.5 Å². The molecule has 0 saturated carbocycles. The van der Waals surface area contributed by atoms with Gasteiger partial charge in [-0.25, -0.2) is 4.98 Å². The average Bonchev–Trinajstić information content (AvgIpc) is 3.25. The zero-order chi connectivity index (χ0) is 22.9. The summed E-state index contributed by atoms with van der Waals surface area (Å²) in [6.45, 7) is 3.89. The number of carbonyl (C=O) groups excluding carboxylic acids is 3. The molecule has 0 radical (unpaired) electrons. The molecule has 2 aromatic carbocycles. The normalized spacial score (nSPS) is 10.4. The number of ether oxygens (including phenoxy) is 2. The van der Waals surface area contributed by atoms with Crippen LogP contribution in [0.25, 0.3) is 0 Å². The van der Waals surface area contributed by atoms with Crippen molar-refractivity contribution in [3.05, 3.63) is 71.2 Å². The Morgan fingerprint density at radius 1 is 1.00 bits per heavy atom. The Hall–Kier alpha value is -3.52. The van der Waals surface area contributed by atoms with Crippen LogP contribution in [0.3, 0.4) is 0 Å². The number of benzene rings is 2. The lowest BCUT2D eigenvalue weighted by Crippen LogP contribution is -2.22. The highest BCUT2D eigenvalue weighted by Gasteiger charge is 2.18. The van der Waals surface area contributed by atoms with Gasteiger partial charge < -0.3 is 9.47 Å². The number of thiazole rings is 1. The molecule has 3 aromatic rings. The van der Waals surface area contributed by atoms with Crippen molar-refractivity contribution in [1.29, 1.82) is 0 Å². The highest BCUT2D eigenvalue weighted by Crippen LogP contribution is 2.29. The number of anilines is 2. The molecule has 1 heterocycles. The van der Waals surface area contributed by atoms with E-state index >= 15 is 0 Å². The minimum Gasteiger partial charge on any atom is -0.494 e. The quantitative estimate of drug-likeness (QED) is 0.320. The van der Waals surface area contributed by atoms with Crippen LogP contribution in [0.2, 0.25) is 0 Å². The topological polar surface area (TPSA) is 85.8 Å². The van der Waals surface area contributed by atoms with Crippen molar-refractivity contribution < 1.29 is 23.9 Å². The number of hydrogen-bond donors (Lipinski definition) is 0. The van der Waals surface area contributed by atoms with Crippen LogP contribution in [0, 0.1) is 0 Å². The van der Waals surface area contributed by atoms with Gasteiger partial charge in [-0.3, -0.25) is 19.3 Å². The summed E-state index contributed by atoms with van der Waals surface area (Å²) in [6.07, 6.45) is 0.0356. The molecule has 0 bridgehead atoms. The molecule has 166 valence electrons. The molecule has 0 unspecified atom stereocenters. The number of Topliss-reactive ketones (excluding diaryl/α,β-unsaturated/α-hetero) is 1. The standard InChI is InChI=1S/C24H24N2O5S/c1-3-30-21-11-9-18(10-12-21)22(28)13-14-23(29)31-15-19-16-32-24(25-19)26(17(2)27)20-7-5-4-6-8-20/h4-12,16H,3,13-15H2,1-2H3. The Morgan fingerprint density at radius 3 is 2.38 bits per heavy atom. The second-order valence-corrected chi connectivity index (χ2v) is 7.69. The smallest absolute Gasteiger partial charge is 0.306 e. The second-order valence-electron chi connectivity index (χ2n) is 6.85. The summed E-state index contributed by atoms with van der Waals surface area (Å²) in [5.74, 6) is -0.0881. The van der Waals surface area contributed by atoms with Crippen LogP contribution in [-0.4, -0.2) is 29.3 Å². The first-order valence-electron chi connectivity index (χ1n) is 10.2. The summed E-state index contributed by atoms with van der Waals surface area (Å²) in [4.78, 5) is 42.4. The monoisotopic (exact) mass is 452 g/mol. The number of amides is 1. The van der Waals surface area contributed by atoms with E-state index in [0.29, 0.717) is 34.4 Å². The molecular formula is C24H24N2O5S. The molecule has 0 atom stereocenters. The van der Waals surface area contributed by atoms with Gasteiger partial charge in [-0.15, -0.1) is 11.3 Å². The van der Waals surface area contributed by atoms with Gasteiger partial charge in [0, 0.05) is 24.3 Å². The minimum atomic E-state index is -0.481. The molecule has 0 saturated heterocycles. The van der Waals surface area contributed by atoms with E-state index in [1.165, 1.54) is 23.2 Å². The molecule has 0 aliphatic heterocycles. The van der Waals surface area contributed by atoms with Crippen molar-refractivity contribution in [2.45, 2.75) is 33.3 Å². The fourth-order valence-electron chi connectivity index (χ4n) is 2.96. The van der Waals surface area contributed by atoms with Crippen LogP contribution < -0.4 is 9.64 Å². The number of hydrogen-bond acceptors (Lipinski definition) is 7. The van der Waals surface area contributed by atoms with E-state index in [0.717, 1.165) is 0 Å². The lowest BCUT2D eigenvalue weighted by Gasteiger charge is -2.17. The van der Waals surface area contributed by atoms with Gasteiger partial charge in [0.15, 0.2) is 10.9 Å². The summed E-state index contributed by atoms with van der Waals surface area (Å²) < 4.78 is 10.6.